The fourth-order valence-corrected chi connectivity index (χ4v) is 2.10. The molecule has 0 aromatic heterocycles. The number of hydrogen-bond donors (Lipinski definition) is 1. The van der Waals surface area contributed by atoms with E-state index in [1.54, 1.807) is 12.1 Å². The molecule has 1 heterocycles. The van der Waals surface area contributed by atoms with Crippen LogP contribution in [-0.4, -0.2) is 0 Å². The topological polar surface area (TPSA) is 21.3 Å². The van der Waals surface area contributed by atoms with E-state index < -0.39 is 0 Å². The molecule has 0 fully saturated rings. The largest absolute Gasteiger partial charge is 0.450 e. The molecule has 2 nitrogen and oxygen atoms in total. The summed E-state index contributed by atoms with van der Waals surface area (Å²) in [6.07, 6.45) is 0. The van der Waals surface area contributed by atoms with Gasteiger partial charge in [-0.1, -0.05) is 35.3 Å². The zero-order chi connectivity index (χ0) is 11.1. The second-order valence-corrected chi connectivity index (χ2v) is 4.27. The molecule has 0 aliphatic carbocycles. The second-order valence-electron chi connectivity index (χ2n) is 3.46. The summed E-state index contributed by atoms with van der Waals surface area (Å²) in [4.78, 5) is 0. The zero-order valence-corrected chi connectivity index (χ0v) is 9.64. The lowest BCUT2D eigenvalue weighted by Gasteiger charge is -2.23. The van der Waals surface area contributed by atoms with Gasteiger partial charge in [0, 0.05) is 0 Å². The molecule has 0 bridgehead atoms. The Kier molecular flexibility index (Phi) is 2.20. The first kappa shape index (κ1) is 9.82. The molecule has 0 saturated carbocycles. The highest BCUT2D eigenvalue weighted by atomic mass is 35.5. The Labute approximate surface area is 103 Å². The summed E-state index contributed by atoms with van der Waals surface area (Å²) < 4.78 is 5.71. The molecule has 3 rings (SSSR count). The maximum absolute atomic E-state index is 6.05. The average molecular weight is 252 g/mol. The van der Waals surface area contributed by atoms with Crippen molar-refractivity contribution >= 4 is 34.6 Å². The maximum atomic E-state index is 6.05. The van der Waals surface area contributed by atoms with Crippen molar-refractivity contribution in [3.63, 3.8) is 0 Å². The molecule has 80 valence electrons. The lowest BCUT2D eigenvalue weighted by atomic mass is 10.2. The Morgan fingerprint density at radius 2 is 1.31 bits per heavy atom. The molecule has 0 unspecified atom stereocenters. The van der Waals surface area contributed by atoms with Gasteiger partial charge in [-0.3, -0.25) is 0 Å². The van der Waals surface area contributed by atoms with Gasteiger partial charge >= 0.3 is 0 Å². The standard InChI is InChI=1S/C12H7Cl2NO/c13-7-3-1-5-9-11(7)16-12-8(14)4-2-6-10(12)15-9/h1-6,15H. The number of halogens is 2. The van der Waals surface area contributed by atoms with Crippen molar-refractivity contribution in [1.29, 1.82) is 0 Å². The number of para-hydroxylation sites is 2. The molecule has 0 radical (unpaired) electrons. The van der Waals surface area contributed by atoms with E-state index in [1.807, 2.05) is 24.3 Å². The molecule has 0 spiro atoms. The number of anilines is 2. The van der Waals surface area contributed by atoms with Gasteiger partial charge in [-0.15, -0.1) is 0 Å². The number of hydrogen-bond acceptors (Lipinski definition) is 2. The molecule has 1 N–H and O–H groups in total. The van der Waals surface area contributed by atoms with E-state index >= 15 is 0 Å². The number of rotatable bonds is 0. The molecular formula is C12H7Cl2NO. The average Bonchev–Trinajstić information content (AvgIpc) is 2.28. The first-order valence-electron chi connectivity index (χ1n) is 4.77. The Balaban J connectivity index is 2.17. The Morgan fingerprint density at radius 1 is 0.812 bits per heavy atom. The molecule has 1 aliphatic rings. The van der Waals surface area contributed by atoms with Gasteiger partial charge in [0.15, 0.2) is 11.5 Å². The SMILES string of the molecule is Clc1cccc2c1Oc1c(Cl)cccc1N2. The van der Waals surface area contributed by atoms with Crippen LogP contribution < -0.4 is 10.1 Å². The van der Waals surface area contributed by atoms with Gasteiger partial charge < -0.3 is 10.1 Å². The smallest absolute Gasteiger partial charge is 0.169 e. The first-order valence-corrected chi connectivity index (χ1v) is 5.53. The predicted octanol–water partition coefficient (Wildman–Crippen LogP) is 4.84. The molecular weight excluding hydrogens is 245 g/mol. The summed E-state index contributed by atoms with van der Waals surface area (Å²) in [6.45, 7) is 0. The highest BCUT2D eigenvalue weighted by molar-refractivity contribution is 6.33. The fraction of sp³-hybridized carbons (Fsp3) is 0. The van der Waals surface area contributed by atoms with Crippen LogP contribution in [0, 0.1) is 0 Å². The first-order chi connectivity index (χ1) is 7.75. The predicted molar refractivity (Wildman–Crippen MR) is 66.3 cm³/mol. The van der Waals surface area contributed by atoms with Crippen LogP contribution in [0.15, 0.2) is 36.4 Å². The molecule has 2 aromatic carbocycles. The third-order valence-corrected chi connectivity index (χ3v) is 3.00. The zero-order valence-electron chi connectivity index (χ0n) is 8.13. The minimum atomic E-state index is 0.565. The van der Waals surface area contributed by atoms with E-state index in [0.717, 1.165) is 11.4 Å². The Hall–Kier alpha value is -1.38. The van der Waals surface area contributed by atoms with Gasteiger partial charge in [0.1, 0.15) is 0 Å². The normalized spacial score (nSPS) is 12.1. The second kappa shape index (κ2) is 3.58. The molecule has 1 aliphatic heterocycles. The summed E-state index contributed by atoms with van der Waals surface area (Å²) in [5.74, 6) is 1.23. The van der Waals surface area contributed by atoms with Crippen molar-refractivity contribution in [2.45, 2.75) is 0 Å². The monoisotopic (exact) mass is 251 g/mol. The van der Waals surface area contributed by atoms with Gasteiger partial charge in [0.05, 0.1) is 21.4 Å². The number of fused-ring (bicyclic) bond motifs is 2. The van der Waals surface area contributed by atoms with Gasteiger partial charge in [-0.05, 0) is 24.3 Å². The van der Waals surface area contributed by atoms with E-state index in [9.17, 15) is 0 Å². The minimum absolute atomic E-state index is 0.565. The lowest BCUT2D eigenvalue weighted by Crippen LogP contribution is -2.03. The molecule has 2 aromatic rings. The summed E-state index contributed by atoms with van der Waals surface area (Å²) in [6, 6.07) is 11.1. The van der Waals surface area contributed by atoms with Gasteiger partial charge in [-0.25, -0.2) is 0 Å². The van der Waals surface area contributed by atoms with Gasteiger partial charge in [0.2, 0.25) is 0 Å². The van der Waals surface area contributed by atoms with Crippen molar-refractivity contribution in [2.24, 2.45) is 0 Å². The summed E-state index contributed by atoms with van der Waals surface area (Å²) >= 11 is 12.1. The van der Waals surface area contributed by atoms with Crippen LogP contribution in [0.25, 0.3) is 0 Å². The van der Waals surface area contributed by atoms with E-state index in [-0.39, 0.29) is 0 Å². The van der Waals surface area contributed by atoms with E-state index in [2.05, 4.69) is 5.32 Å². The number of benzene rings is 2. The van der Waals surface area contributed by atoms with Crippen LogP contribution in [0.1, 0.15) is 0 Å². The Bertz CT molecular complexity index is 519. The molecule has 0 amide bonds. The fourth-order valence-electron chi connectivity index (χ4n) is 1.67. The van der Waals surface area contributed by atoms with Crippen molar-refractivity contribution in [2.75, 3.05) is 5.32 Å². The summed E-state index contributed by atoms with van der Waals surface area (Å²) in [5, 5.41) is 4.36. The summed E-state index contributed by atoms with van der Waals surface area (Å²) in [5.41, 5.74) is 1.70. The molecule has 0 atom stereocenters. The lowest BCUT2D eigenvalue weighted by molar-refractivity contribution is 0.481. The van der Waals surface area contributed by atoms with Crippen LogP contribution >= 0.6 is 23.2 Å². The van der Waals surface area contributed by atoms with Gasteiger partial charge in [0.25, 0.3) is 0 Å². The van der Waals surface area contributed by atoms with Crippen LogP contribution in [0.5, 0.6) is 11.5 Å². The third-order valence-electron chi connectivity index (χ3n) is 2.41. The Morgan fingerprint density at radius 3 is 1.81 bits per heavy atom. The molecule has 0 saturated heterocycles. The molecule has 16 heavy (non-hydrogen) atoms. The van der Waals surface area contributed by atoms with E-state index in [1.165, 1.54) is 0 Å². The minimum Gasteiger partial charge on any atom is -0.450 e. The van der Waals surface area contributed by atoms with Crippen molar-refractivity contribution in [3.8, 4) is 11.5 Å². The number of ether oxygens (including phenoxy) is 1. The van der Waals surface area contributed by atoms with Crippen LogP contribution in [0.3, 0.4) is 0 Å². The van der Waals surface area contributed by atoms with E-state index in [4.69, 9.17) is 27.9 Å². The van der Waals surface area contributed by atoms with Crippen molar-refractivity contribution in [1.82, 2.24) is 0 Å². The van der Waals surface area contributed by atoms with E-state index in [0.29, 0.717) is 21.5 Å². The van der Waals surface area contributed by atoms with Gasteiger partial charge in [-0.2, -0.15) is 0 Å². The third kappa shape index (κ3) is 1.42. The van der Waals surface area contributed by atoms with Crippen LogP contribution in [0.2, 0.25) is 10.0 Å². The quantitative estimate of drug-likeness (QED) is 0.617. The maximum Gasteiger partial charge on any atom is 0.169 e. The van der Waals surface area contributed by atoms with Crippen molar-refractivity contribution < 1.29 is 4.74 Å². The molecule has 4 heteroatoms. The van der Waals surface area contributed by atoms with Crippen LogP contribution in [-0.2, 0) is 0 Å². The number of nitrogens with one attached hydrogen (secondary N) is 1. The van der Waals surface area contributed by atoms with Crippen molar-refractivity contribution in [3.05, 3.63) is 46.4 Å². The summed E-state index contributed by atoms with van der Waals surface area (Å²) in [7, 11) is 0. The highest BCUT2D eigenvalue weighted by Gasteiger charge is 2.20. The highest BCUT2D eigenvalue weighted by Crippen LogP contribution is 2.47. The van der Waals surface area contributed by atoms with Crippen LogP contribution in [0.4, 0.5) is 11.4 Å².